The van der Waals surface area contributed by atoms with E-state index < -0.39 is 0 Å². The maximum absolute atomic E-state index is 12.1. The van der Waals surface area contributed by atoms with Gasteiger partial charge in [-0.25, -0.2) is 4.79 Å². The minimum absolute atomic E-state index is 0.0366. The summed E-state index contributed by atoms with van der Waals surface area (Å²) < 4.78 is 3.38. The van der Waals surface area contributed by atoms with Crippen LogP contribution < -0.4 is 5.69 Å². The van der Waals surface area contributed by atoms with Crippen molar-refractivity contribution in [2.24, 2.45) is 0 Å². The van der Waals surface area contributed by atoms with E-state index in [1.807, 2.05) is 31.2 Å². The topological polar surface area (TPSA) is 26.9 Å². The highest BCUT2D eigenvalue weighted by atomic mass is 35.5. The fourth-order valence-electron chi connectivity index (χ4n) is 1.90. The van der Waals surface area contributed by atoms with Crippen LogP contribution >= 0.6 is 11.6 Å². The van der Waals surface area contributed by atoms with Crippen molar-refractivity contribution in [1.29, 1.82) is 0 Å². The first-order valence-electron chi connectivity index (χ1n) is 5.16. The normalized spacial score (nSPS) is 10.9. The van der Waals surface area contributed by atoms with Crippen LogP contribution in [0.25, 0.3) is 11.0 Å². The smallest absolute Gasteiger partial charge is 0.292 e. The summed E-state index contributed by atoms with van der Waals surface area (Å²) in [6, 6.07) is 7.69. The van der Waals surface area contributed by atoms with Crippen LogP contribution in [0.1, 0.15) is 6.92 Å². The van der Waals surface area contributed by atoms with E-state index in [2.05, 4.69) is 6.58 Å². The second-order valence-electron chi connectivity index (χ2n) is 3.62. The van der Waals surface area contributed by atoms with Crippen molar-refractivity contribution in [3.63, 3.8) is 0 Å². The predicted octanol–water partition coefficient (Wildman–Crippen LogP) is 2.58. The van der Waals surface area contributed by atoms with Crippen molar-refractivity contribution < 1.29 is 0 Å². The fourth-order valence-corrected chi connectivity index (χ4v) is 2.02. The molecule has 0 saturated carbocycles. The minimum atomic E-state index is -0.0366. The van der Waals surface area contributed by atoms with Gasteiger partial charge in [-0.15, -0.1) is 0 Å². The van der Waals surface area contributed by atoms with Gasteiger partial charge in [0.1, 0.15) is 0 Å². The molecule has 2 rings (SSSR count). The van der Waals surface area contributed by atoms with Gasteiger partial charge in [0.05, 0.1) is 17.6 Å². The van der Waals surface area contributed by atoms with Gasteiger partial charge in [0, 0.05) is 11.6 Å². The van der Waals surface area contributed by atoms with Gasteiger partial charge < -0.3 is 0 Å². The monoisotopic (exact) mass is 236 g/mol. The Morgan fingerprint density at radius 1 is 1.31 bits per heavy atom. The van der Waals surface area contributed by atoms with E-state index in [4.69, 9.17) is 11.6 Å². The lowest BCUT2D eigenvalue weighted by molar-refractivity contribution is 0.688. The summed E-state index contributed by atoms with van der Waals surface area (Å²) in [7, 11) is 0. The van der Waals surface area contributed by atoms with Crippen LogP contribution in [-0.2, 0) is 13.1 Å². The van der Waals surface area contributed by atoms with Crippen molar-refractivity contribution in [2.45, 2.75) is 20.0 Å². The summed E-state index contributed by atoms with van der Waals surface area (Å²) in [5.74, 6) is 0. The zero-order valence-corrected chi connectivity index (χ0v) is 9.87. The van der Waals surface area contributed by atoms with Gasteiger partial charge in [-0.1, -0.05) is 30.3 Å². The Balaban J connectivity index is 2.77. The van der Waals surface area contributed by atoms with Gasteiger partial charge >= 0.3 is 5.69 Å². The standard InChI is InChI=1S/C12H13ClN2O/c1-3-14-10-6-4-5-7-11(10)15(12(14)16)8-9(2)13/h4-7H,2-3,8H2,1H3. The molecule has 0 aliphatic carbocycles. The first-order chi connectivity index (χ1) is 7.65. The third-order valence-electron chi connectivity index (χ3n) is 2.57. The Morgan fingerprint density at radius 3 is 2.38 bits per heavy atom. The average molecular weight is 237 g/mol. The summed E-state index contributed by atoms with van der Waals surface area (Å²) in [5.41, 5.74) is 1.80. The van der Waals surface area contributed by atoms with E-state index >= 15 is 0 Å². The first-order valence-corrected chi connectivity index (χ1v) is 5.54. The molecule has 0 bridgehead atoms. The minimum Gasteiger partial charge on any atom is -0.292 e. The van der Waals surface area contributed by atoms with Crippen LogP contribution in [-0.4, -0.2) is 9.13 Å². The molecule has 0 N–H and O–H groups in total. The van der Waals surface area contributed by atoms with Gasteiger partial charge in [-0.3, -0.25) is 9.13 Å². The maximum Gasteiger partial charge on any atom is 0.329 e. The Kier molecular flexibility index (Phi) is 2.88. The highest BCUT2D eigenvalue weighted by Crippen LogP contribution is 2.14. The van der Waals surface area contributed by atoms with Gasteiger partial charge in [0.15, 0.2) is 0 Å². The summed E-state index contributed by atoms with van der Waals surface area (Å²) >= 11 is 5.77. The molecule has 0 amide bonds. The summed E-state index contributed by atoms with van der Waals surface area (Å²) in [6.45, 7) is 6.59. The average Bonchev–Trinajstić information content (AvgIpc) is 2.52. The molecular weight excluding hydrogens is 224 g/mol. The lowest BCUT2D eigenvalue weighted by atomic mass is 10.3. The number of aromatic nitrogens is 2. The molecule has 0 spiro atoms. The van der Waals surface area contributed by atoms with Gasteiger partial charge in [0.2, 0.25) is 0 Å². The SMILES string of the molecule is C=C(Cl)Cn1c(=O)n(CC)c2ccccc21. The van der Waals surface area contributed by atoms with Crippen LogP contribution in [0.15, 0.2) is 40.7 Å². The molecule has 16 heavy (non-hydrogen) atoms. The number of hydrogen-bond donors (Lipinski definition) is 0. The van der Waals surface area contributed by atoms with Crippen molar-refractivity contribution in [2.75, 3.05) is 0 Å². The molecule has 4 heteroatoms. The number of allylic oxidation sites excluding steroid dienone is 1. The van der Waals surface area contributed by atoms with Crippen molar-refractivity contribution >= 4 is 22.6 Å². The second kappa shape index (κ2) is 4.18. The molecule has 0 atom stereocenters. The van der Waals surface area contributed by atoms with Crippen molar-refractivity contribution in [1.82, 2.24) is 9.13 Å². The Morgan fingerprint density at radius 2 is 1.88 bits per heavy atom. The number of para-hydroxylation sites is 2. The lowest BCUT2D eigenvalue weighted by Gasteiger charge is -1.99. The highest BCUT2D eigenvalue weighted by Gasteiger charge is 2.11. The summed E-state index contributed by atoms with van der Waals surface area (Å²) in [5, 5.41) is 0.459. The number of hydrogen-bond acceptors (Lipinski definition) is 1. The third kappa shape index (κ3) is 1.67. The molecule has 0 radical (unpaired) electrons. The molecular formula is C12H13ClN2O. The van der Waals surface area contributed by atoms with E-state index in [-0.39, 0.29) is 5.69 Å². The highest BCUT2D eigenvalue weighted by molar-refractivity contribution is 6.29. The van der Waals surface area contributed by atoms with E-state index in [9.17, 15) is 4.79 Å². The number of nitrogens with zero attached hydrogens (tertiary/aromatic N) is 2. The van der Waals surface area contributed by atoms with Crippen molar-refractivity contribution in [3.8, 4) is 0 Å². The van der Waals surface area contributed by atoms with Crippen LogP contribution in [0.3, 0.4) is 0 Å². The quantitative estimate of drug-likeness (QED) is 0.805. The largest absolute Gasteiger partial charge is 0.329 e. The van der Waals surface area contributed by atoms with Crippen LogP contribution in [0.2, 0.25) is 0 Å². The molecule has 0 saturated heterocycles. The van der Waals surface area contributed by atoms with E-state index in [1.165, 1.54) is 0 Å². The third-order valence-corrected chi connectivity index (χ3v) is 2.69. The van der Waals surface area contributed by atoms with Gasteiger partial charge in [0.25, 0.3) is 0 Å². The van der Waals surface area contributed by atoms with E-state index in [1.54, 1.807) is 9.13 Å². The molecule has 0 unspecified atom stereocenters. The predicted molar refractivity (Wildman–Crippen MR) is 66.9 cm³/mol. The van der Waals surface area contributed by atoms with Crippen LogP contribution in [0, 0.1) is 0 Å². The summed E-state index contributed by atoms with van der Waals surface area (Å²) in [4.78, 5) is 12.1. The number of fused-ring (bicyclic) bond motifs is 1. The molecule has 0 fully saturated rings. The van der Waals surface area contributed by atoms with Gasteiger partial charge in [-0.2, -0.15) is 0 Å². The Hall–Kier alpha value is -1.48. The molecule has 84 valence electrons. The molecule has 1 aromatic heterocycles. The fraction of sp³-hybridized carbons (Fsp3) is 0.250. The number of benzene rings is 1. The van der Waals surface area contributed by atoms with Gasteiger partial charge in [-0.05, 0) is 19.1 Å². The zero-order valence-electron chi connectivity index (χ0n) is 9.11. The Labute approximate surface area is 98.6 Å². The molecule has 2 aromatic rings. The maximum atomic E-state index is 12.1. The second-order valence-corrected chi connectivity index (χ2v) is 4.15. The molecule has 1 aromatic carbocycles. The van der Waals surface area contributed by atoms with Crippen molar-refractivity contribution in [3.05, 3.63) is 46.4 Å². The molecule has 1 heterocycles. The number of rotatable bonds is 3. The molecule has 0 aliphatic heterocycles. The zero-order chi connectivity index (χ0) is 11.7. The van der Waals surface area contributed by atoms with E-state index in [0.717, 1.165) is 11.0 Å². The number of aryl methyl sites for hydroxylation is 1. The molecule has 0 aliphatic rings. The lowest BCUT2D eigenvalue weighted by Crippen LogP contribution is -2.23. The molecule has 3 nitrogen and oxygen atoms in total. The van der Waals surface area contributed by atoms with E-state index in [0.29, 0.717) is 18.1 Å². The number of imidazole rings is 1. The van der Waals surface area contributed by atoms with Crippen LogP contribution in [0.5, 0.6) is 0 Å². The summed E-state index contributed by atoms with van der Waals surface area (Å²) in [6.07, 6.45) is 0. The van der Waals surface area contributed by atoms with Crippen LogP contribution in [0.4, 0.5) is 0 Å². The first kappa shape index (κ1) is 11.0. The Bertz CT molecular complexity index is 595. The number of halogens is 1.